The zero-order valence-corrected chi connectivity index (χ0v) is 25.5. The van der Waals surface area contributed by atoms with Gasteiger partial charge >= 0.3 is 5.97 Å². The van der Waals surface area contributed by atoms with Gasteiger partial charge in [-0.05, 0) is 59.7 Å². The molecule has 9 nitrogen and oxygen atoms in total. The van der Waals surface area contributed by atoms with Gasteiger partial charge in [0.15, 0.2) is 0 Å². The number of hydrogen-bond acceptors (Lipinski definition) is 6. The number of esters is 1. The van der Waals surface area contributed by atoms with Gasteiger partial charge in [0.1, 0.15) is 12.6 Å². The number of nitrogens with zero attached hydrogens (tertiary/aromatic N) is 1. The summed E-state index contributed by atoms with van der Waals surface area (Å²) >= 11 is 0. The molecule has 0 spiro atoms. The number of ether oxygens (including phenoxy) is 1. The summed E-state index contributed by atoms with van der Waals surface area (Å²) < 4.78 is 5.39. The molecular formula is C36H41N3O6. The Morgan fingerprint density at radius 2 is 1.69 bits per heavy atom. The van der Waals surface area contributed by atoms with Crippen LogP contribution in [0.2, 0.25) is 0 Å². The van der Waals surface area contributed by atoms with E-state index in [1.807, 2.05) is 60.7 Å². The fourth-order valence-corrected chi connectivity index (χ4v) is 5.46. The van der Waals surface area contributed by atoms with Crippen LogP contribution in [0, 0.1) is 5.92 Å². The summed E-state index contributed by atoms with van der Waals surface area (Å²) in [5, 5.41) is 17.5. The molecule has 9 heteroatoms. The molecule has 0 saturated heterocycles. The van der Waals surface area contributed by atoms with Gasteiger partial charge in [0, 0.05) is 25.1 Å². The summed E-state index contributed by atoms with van der Waals surface area (Å²) in [7, 11) is 0. The maximum atomic E-state index is 13.6. The number of aliphatic hydroxyl groups is 1. The monoisotopic (exact) mass is 611 g/mol. The summed E-state index contributed by atoms with van der Waals surface area (Å²) in [5.74, 6) is -2.70. The molecule has 3 atom stereocenters. The summed E-state index contributed by atoms with van der Waals surface area (Å²) in [5.41, 5.74) is 2.61. The second-order valence-corrected chi connectivity index (χ2v) is 11.2. The number of fused-ring (bicyclic) bond motifs is 2. The topological polar surface area (TPSA) is 125 Å². The van der Waals surface area contributed by atoms with Crippen molar-refractivity contribution in [3.8, 4) is 0 Å². The fourth-order valence-electron chi connectivity index (χ4n) is 5.46. The first-order chi connectivity index (χ1) is 21.8. The number of carbonyl (C=O) groups excluding carboxylic acids is 4. The Labute approximate surface area is 263 Å². The van der Waals surface area contributed by atoms with Crippen molar-refractivity contribution in [1.82, 2.24) is 10.2 Å². The van der Waals surface area contributed by atoms with Crippen LogP contribution in [-0.2, 0) is 36.9 Å². The third kappa shape index (κ3) is 9.12. The molecule has 1 aliphatic heterocycles. The maximum Gasteiger partial charge on any atom is 0.305 e. The van der Waals surface area contributed by atoms with Crippen molar-refractivity contribution in [3.63, 3.8) is 0 Å². The number of unbranched alkanes of at least 4 members (excludes halogenated alkanes) is 1. The summed E-state index contributed by atoms with van der Waals surface area (Å²) in [4.78, 5) is 54.5. The van der Waals surface area contributed by atoms with Crippen LogP contribution in [0.5, 0.6) is 0 Å². The molecule has 4 rings (SSSR count). The predicted molar refractivity (Wildman–Crippen MR) is 174 cm³/mol. The van der Waals surface area contributed by atoms with E-state index in [-0.39, 0.29) is 38.4 Å². The fraction of sp³-hybridized carbons (Fsp3) is 0.333. The lowest BCUT2D eigenvalue weighted by molar-refractivity contribution is -0.146. The molecule has 1 aliphatic rings. The summed E-state index contributed by atoms with van der Waals surface area (Å²) in [6, 6.07) is 19.3. The number of rotatable bonds is 15. The Morgan fingerprint density at radius 1 is 0.956 bits per heavy atom. The first kappa shape index (κ1) is 33.1. The normalized spacial score (nSPS) is 15.3. The maximum absolute atomic E-state index is 13.6. The lowest BCUT2D eigenvalue weighted by atomic mass is 9.92. The van der Waals surface area contributed by atoms with Crippen molar-refractivity contribution in [2.45, 2.75) is 57.2 Å². The summed E-state index contributed by atoms with van der Waals surface area (Å²) in [6.07, 6.45) is 5.18. The Morgan fingerprint density at radius 3 is 2.42 bits per heavy atom. The second-order valence-electron chi connectivity index (χ2n) is 11.2. The van der Waals surface area contributed by atoms with Gasteiger partial charge in [0.2, 0.25) is 11.8 Å². The van der Waals surface area contributed by atoms with E-state index in [1.54, 1.807) is 23.1 Å². The van der Waals surface area contributed by atoms with E-state index in [0.717, 1.165) is 21.9 Å². The highest BCUT2D eigenvalue weighted by Gasteiger charge is 2.33. The van der Waals surface area contributed by atoms with Crippen molar-refractivity contribution >= 4 is 40.2 Å². The average Bonchev–Trinajstić information content (AvgIpc) is 3.05. The minimum absolute atomic E-state index is 0.142. The number of aliphatic hydroxyl groups excluding tert-OH is 1. The van der Waals surface area contributed by atoms with E-state index in [4.69, 9.17) is 4.74 Å². The number of amides is 3. The number of hydrogen-bond donors (Lipinski definition) is 3. The number of benzene rings is 3. The smallest absolute Gasteiger partial charge is 0.305 e. The first-order valence-electron chi connectivity index (χ1n) is 15.3. The van der Waals surface area contributed by atoms with Gasteiger partial charge in [0.05, 0.1) is 18.6 Å². The van der Waals surface area contributed by atoms with Gasteiger partial charge < -0.3 is 25.4 Å². The quantitative estimate of drug-likeness (QED) is 0.130. The van der Waals surface area contributed by atoms with Crippen molar-refractivity contribution in [2.24, 2.45) is 5.92 Å². The Bertz CT molecular complexity index is 1540. The standard InChI is InChI=1S/C36H41N3O6/c1-3-5-6-16-34(42)45-24-32(36(44)37-30-18-17-25-12-7-8-13-26(25)19-30)38-35(43)28(11-4-2)21-33(41)39-22-29-15-10-9-14-27(29)20-31(39)23-40/h3-4,7-10,12-15,17-19,28,31-32,40H,1-2,5-6,11,16,20-24H2,(H,37,44)(H,38,43)/t28-,31+,32+/m1/s1. The number of carbonyl (C=O) groups is 4. The second kappa shape index (κ2) is 16.4. The van der Waals surface area contributed by atoms with Crippen molar-refractivity contribution in [3.05, 3.63) is 103 Å². The van der Waals surface area contributed by atoms with Crippen LogP contribution >= 0.6 is 0 Å². The lowest BCUT2D eigenvalue weighted by Gasteiger charge is -2.36. The van der Waals surface area contributed by atoms with E-state index < -0.39 is 35.8 Å². The molecule has 3 aromatic rings. The molecule has 0 fully saturated rings. The Hall–Kier alpha value is -4.76. The Kier molecular flexibility index (Phi) is 12.0. The molecule has 0 aromatic heterocycles. The Balaban J connectivity index is 1.47. The van der Waals surface area contributed by atoms with E-state index >= 15 is 0 Å². The molecule has 0 radical (unpaired) electrons. The van der Waals surface area contributed by atoms with Gasteiger partial charge in [-0.1, -0.05) is 66.7 Å². The van der Waals surface area contributed by atoms with Gasteiger partial charge in [0.25, 0.3) is 5.91 Å². The van der Waals surface area contributed by atoms with Crippen molar-refractivity contribution in [1.29, 1.82) is 0 Å². The van der Waals surface area contributed by atoms with Crippen LogP contribution in [0.15, 0.2) is 92.0 Å². The van der Waals surface area contributed by atoms with Crippen molar-refractivity contribution < 1.29 is 29.0 Å². The molecular weight excluding hydrogens is 570 g/mol. The van der Waals surface area contributed by atoms with Crippen LogP contribution in [-0.4, -0.2) is 59.0 Å². The number of anilines is 1. The lowest BCUT2D eigenvalue weighted by Crippen LogP contribution is -2.50. The van der Waals surface area contributed by atoms with E-state index in [9.17, 15) is 24.3 Å². The molecule has 3 N–H and O–H groups in total. The molecule has 0 unspecified atom stereocenters. The van der Waals surface area contributed by atoms with Gasteiger partial charge in [-0.25, -0.2) is 0 Å². The molecule has 0 saturated carbocycles. The predicted octanol–water partition coefficient (Wildman–Crippen LogP) is 4.69. The number of nitrogens with one attached hydrogen (secondary N) is 2. The van der Waals surface area contributed by atoms with Crippen LogP contribution in [0.4, 0.5) is 5.69 Å². The van der Waals surface area contributed by atoms with Crippen LogP contribution in [0.3, 0.4) is 0 Å². The van der Waals surface area contributed by atoms with Crippen LogP contribution in [0.1, 0.15) is 43.2 Å². The molecule has 236 valence electrons. The molecule has 0 aliphatic carbocycles. The van der Waals surface area contributed by atoms with Crippen molar-refractivity contribution in [2.75, 3.05) is 18.5 Å². The molecule has 1 heterocycles. The minimum Gasteiger partial charge on any atom is -0.463 e. The van der Waals surface area contributed by atoms with Gasteiger partial charge in [-0.15, -0.1) is 13.2 Å². The van der Waals surface area contributed by atoms with E-state index in [2.05, 4.69) is 23.8 Å². The third-order valence-electron chi connectivity index (χ3n) is 7.98. The molecule has 3 aromatic carbocycles. The highest BCUT2D eigenvalue weighted by molar-refractivity contribution is 5.99. The van der Waals surface area contributed by atoms with Crippen LogP contribution in [0.25, 0.3) is 10.8 Å². The minimum atomic E-state index is -1.21. The molecule has 3 amide bonds. The van der Waals surface area contributed by atoms with E-state index in [1.165, 1.54) is 0 Å². The highest BCUT2D eigenvalue weighted by atomic mass is 16.5. The van der Waals surface area contributed by atoms with Gasteiger partial charge in [-0.3, -0.25) is 19.2 Å². The SMILES string of the molecule is C=CCCCC(=O)OC[C@H](NC(=O)[C@H](CC=C)CC(=O)N1Cc2ccccc2C[C@H]1CO)C(=O)Nc1ccc2ccccc2c1. The highest BCUT2D eigenvalue weighted by Crippen LogP contribution is 2.25. The third-order valence-corrected chi connectivity index (χ3v) is 7.98. The largest absolute Gasteiger partial charge is 0.463 e. The zero-order valence-electron chi connectivity index (χ0n) is 25.5. The van der Waals surface area contributed by atoms with Crippen LogP contribution < -0.4 is 10.6 Å². The van der Waals surface area contributed by atoms with E-state index in [0.29, 0.717) is 31.5 Å². The van der Waals surface area contributed by atoms with Gasteiger partial charge in [-0.2, -0.15) is 0 Å². The molecule has 45 heavy (non-hydrogen) atoms. The number of allylic oxidation sites excluding steroid dienone is 2. The first-order valence-corrected chi connectivity index (χ1v) is 15.3. The average molecular weight is 612 g/mol. The summed E-state index contributed by atoms with van der Waals surface area (Å²) in [6.45, 7) is 7.16. The molecule has 0 bridgehead atoms. The zero-order chi connectivity index (χ0) is 32.2.